The average Bonchev–Trinajstić information content (AvgIpc) is 2.71. The van der Waals surface area contributed by atoms with Crippen LogP contribution < -0.4 is 10.1 Å². The van der Waals surface area contributed by atoms with Crippen molar-refractivity contribution in [3.63, 3.8) is 0 Å². The maximum Gasteiger partial charge on any atom is 0.223 e. The van der Waals surface area contributed by atoms with Gasteiger partial charge in [0, 0.05) is 40.2 Å². The van der Waals surface area contributed by atoms with Gasteiger partial charge >= 0.3 is 0 Å². The van der Waals surface area contributed by atoms with E-state index in [1.165, 1.54) is 0 Å². The number of carbonyl (C=O) groups excluding carboxylic acids is 1. The first-order valence-corrected chi connectivity index (χ1v) is 10.5. The van der Waals surface area contributed by atoms with E-state index in [1.54, 1.807) is 0 Å². The maximum absolute atomic E-state index is 12.6. The zero-order chi connectivity index (χ0) is 19.9. The van der Waals surface area contributed by atoms with Gasteiger partial charge in [0.1, 0.15) is 5.75 Å². The lowest BCUT2D eigenvalue weighted by Gasteiger charge is -2.31. The SMILES string of the molecule is CCOc1ccccc1CNC(=O)C1CCN(Cc2c(Cl)cccc2Cl)CC1. The summed E-state index contributed by atoms with van der Waals surface area (Å²) in [6, 6.07) is 13.4. The van der Waals surface area contributed by atoms with E-state index in [1.807, 2.05) is 49.4 Å². The van der Waals surface area contributed by atoms with Crippen molar-refractivity contribution in [1.29, 1.82) is 0 Å². The second-order valence-corrected chi connectivity index (χ2v) is 7.82. The summed E-state index contributed by atoms with van der Waals surface area (Å²) in [5.74, 6) is 0.982. The fourth-order valence-corrected chi connectivity index (χ4v) is 4.05. The van der Waals surface area contributed by atoms with Crippen molar-refractivity contribution in [3.8, 4) is 5.75 Å². The minimum Gasteiger partial charge on any atom is -0.494 e. The second kappa shape index (κ2) is 10.1. The largest absolute Gasteiger partial charge is 0.494 e. The first-order valence-electron chi connectivity index (χ1n) is 9.72. The zero-order valence-corrected chi connectivity index (χ0v) is 17.6. The fraction of sp³-hybridized carbons (Fsp3) is 0.409. The van der Waals surface area contributed by atoms with Gasteiger partial charge in [0.15, 0.2) is 0 Å². The van der Waals surface area contributed by atoms with E-state index in [2.05, 4.69) is 10.2 Å². The molecule has 2 aromatic rings. The molecule has 1 heterocycles. The van der Waals surface area contributed by atoms with Crippen LogP contribution in [0.4, 0.5) is 0 Å². The van der Waals surface area contributed by atoms with Gasteiger partial charge < -0.3 is 10.1 Å². The lowest BCUT2D eigenvalue weighted by molar-refractivity contribution is -0.126. The molecule has 1 aliphatic heterocycles. The molecule has 0 spiro atoms. The van der Waals surface area contributed by atoms with Crippen molar-refractivity contribution in [1.82, 2.24) is 10.2 Å². The quantitative estimate of drug-likeness (QED) is 0.690. The lowest BCUT2D eigenvalue weighted by Crippen LogP contribution is -2.40. The number of carbonyl (C=O) groups is 1. The van der Waals surface area contributed by atoms with Crippen LogP contribution in [0.3, 0.4) is 0 Å². The normalized spacial score (nSPS) is 15.4. The molecule has 0 saturated carbocycles. The van der Waals surface area contributed by atoms with E-state index >= 15 is 0 Å². The van der Waals surface area contributed by atoms with Crippen molar-refractivity contribution in [2.45, 2.75) is 32.9 Å². The van der Waals surface area contributed by atoms with E-state index in [0.29, 0.717) is 29.7 Å². The molecule has 28 heavy (non-hydrogen) atoms. The summed E-state index contributed by atoms with van der Waals surface area (Å²) in [5.41, 5.74) is 1.96. The van der Waals surface area contributed by atoms with E-state index in [-0.39, 0.29) is 11.8 Å². The number of benzene rings is 2. The standard InChI is InChI=1S/C22H26Cl2N2O2/c1-2-28-21-9-4-3-6-17(21)14-25-22(27)16-10-12-26(13-11-16)15-18-19(23)7-5-8-20(18)24/h3-9,16H,2,10-15H2,1H3,(H,25,27). The first-order chi connectivity index (χ1) is 13.6. The van der Waals surface area contributed by atoms with E-state index < -0.39 is 0 Å². The smallest absolute Gasteiger partial charge is 0.223 e. The summed E-state index contributed by atoms with van der Waals surface area (Å²) < 4.78 is 5.63. The molecule has 0 aliphatic carbocycles. The van der Waals surface area contributed by atoms with Crippen molar-refractivity contribution in [2.75, 3.05) is 19.7 Å². The van der Waals surface area contributed by atoms with Crippen LogP contribution in [0.5, 0.6) is 5.75 Å². The molecule has 6 heteroatoms. The average molecular weight is 421 g/mol. The van der Waals surface area contributed by atoms with Crippen molar-refractivity contribution in [3.05, 3.63) is 63.6 Å². The highest BCUT2D eigenvalue weighted by Gasteiger charge is 2.25. The monoisotopic (exact) mass is 420 g/mol. The zero-order valence-electron chi connectivity index (χ0n) is 16.1. The predicted molar refractivity (Wildman–Crippen MR) is 114 cm³/mol. The molecule has 2 aromatic carbocycles. The Morgan fingerprint density at radius 2 is 1.79 bits per heavy atom. The summed E-state index contributed by atoms with van der Waals surface area (Å²) in [5, 5.41) is 4.46. The number of piperidine rings is 1. The molecule has 1 amide bonds. The molecule has 150 valence electrons. The van der Waals surface area contributed by atoms with Crippen LogP contribution in [0.15, 0.2) is 42.5 Å². The number of hydrogen-bond acceptors (Lipinski definition) is 3. The summed E-state index contributed by atoms with van der Waals surface area (Å²) in [7, 11) is 0. The third kappa shape index (κ3) is 5.40. The Kier molecular flexibility index (Phi) is 7.60. The van der Waals surface area contributed by atoms with Crippen LogP contribution in [-0.2, 0) is 17.9 Å². The highest BCUT2D eigenvalue weighted by Crippen LogP contribution is 2.28. The molecule has 0 aromatic heterocycles. The Labute approximate surface area is 176 Å². The molecule has 0 radical (unpaired) electrons. The number of halogens is 2. The van der Waals surface area contributed by atoms with Crippen LogP contribution >= 0.6 is 23.2 Å². The van der Waals surface area contributed by atoms with Gasteiger partial charge in [-0.2, -0.15) is 0 Å². The molecule has 0 unspecified atom stereocenters. The molecule has 1 aliphatic rings. The number of nitrogens with one attached hydrogen (secondary N) is 1. The van der Waals surface area contributed by atoms with Crippen molar-refractivity contribution >= 4 is 29.1 Å². The molecule has 0 bridgehead atoms. The number of hydrogen-bond donors (Lipinski definition) is 1. The number of likely N-dealkylation sites (tertiary alicyclic amines) is 1. The summed E-state index contributed by atoms with van der Waals surface area (Å²) in [4.78, 5) is 14.9. The summed E-state index contributed by atoms with van der Waals surface area (Å²) >= 11 is 12.6. The van der Waals surface area contributed by atoms with Gasteiger partial charge in [0.25, 0.3) is 0 Å². The molecule has 1 fully saturated rings. The highest BCUT2D eigenvalue weighted by atomic mass is 35.5. The molecule has 1 saturated heterocycles. The Morgan fingerprint density at radius 3 is 2.46 bits per heavy atom. The van der Waals surface area contributed by atoms with Gasteiger partial charge in [-0.05, 0) is 51.1 Å². The van der Waals surface area contributed by atoms with Gasteiger partial charge in [-0.1, -0.05) is 47.5 Å². The third-order valence-electron chi connectivity index (χ3n) is 5.13. The van der Waals surface area contributed by atoms with Crippen LogP contribution in [0.1, 0.15) is 30.9 Å². The Bertz CT molecular complexity index is 785. The molecule has 0 atom stereocenters. The van der Waals surface area contributed by atoms with E-state index in [0.717, 1.165) is 42.8 Å². The fourth-order valence-electron chi connectivity index (χ4n) is 3.53. The number of ether oxygens (including phenoxy) is 1. The van der Waals surface area contributed by atoms with Crippen molar-refractivity contribution in [2.24, 2.45) is 5.92 Å². The van der Waals surface area contributed by atoms with Gasteiger partial charge in [-0.3, -0.25) is 9.69 Å². The highest BCUT2D eigenvalue weighted by molar-refractivity contribution is 6.35. The van der Waals surface area contributed by atoms with Crippen LogP contribution in [0.2, 0.25) is 10.0 Å². The van der Waals surface area contributed by atoms with Crippen molar-refractivity contribution < 1.29 is 9.53 Å². The number of para-hydroxylation sites is 1. The lowest BCUT2D eigenvalue weighted by atomic mass is 9.95. The molecule has 3 rings (SSSR count). The molecular weight excluding hydrogens is 395 g/mol. The molecule has 1 N–H and O–H groups in total. The number of amides is 1. The van der Waals surface area contributed by atoms with Gasteiger partial charge in [-0.25, -0.2) is 0 Å². The minimum absolute atomic E-state index is 0.0391. The molecular formula is C22H26Cl2N2O2. The Hall–Kier alpha value is -1.75. The topological polar surface area (TPSA) is 41.6 Å². The second-order valence-electron chi connectivity index (χ2n) is 7.01. The Balaban J connectivity index is 1.49. The Morgan fingerprint density at radius 1 is 1.11 bits per heavy atom. The van der Waals surface area contributed by atoms with Gasteiger partial charge in [0.05, 0.1) is 6.61 Å². The predicted octanol–water partition coefficient (Wildman–Crippen LogP) is 4.92. The van der Waals surface area contributed by atoms with Gasteiger partial charge in [0.2, 0.25) is 5.91 Å². The summed E-state index contributed by atoms with van der Waals surface area (Å²) in [6.45, 7) is 5.49. The van der Waals surface area contributed by atoms with Gasteiger partial charge in [-0.15, -0.1) is 0 Å². The third-order valence-corrected chi connectivity index (χ3v) is 5.84. The minimum atomic E-state index is 0.0391. The summed E-state index contributed by atoms with van der Waals surface area (Å²) in [6.07, 6.45) is 1.67. The maximum atomic E-state index is 12.6. The van der Waals surface area contributed by atoms with Crippen LogP contribution in [-0.4, -0.2) is 30.5 Å². The van der Waals surface area contributed by atoms with Crippen LogP contribution in [0.25, 0.3) is 0 Å². The van der Waals surface area contributed by atoms with Crippen LogP contribution in [0, 0.1) is 5.92 Å². The first kappa shape index (κ1) is 21.0. The molecule has 4 nitrogen and oxygen atoms in total. The van der Waals surface area contributed by atoms with E-state index in [4.69, 9.17) is 27.9 Å². The number of nitrogens with zero attached hydrogens (tertiary/aromatic N) is 1. The van der Waals surface area contributed by atoms with E-state index in [9.17, 15) is 4.79 Å². The number of rotatable bonds is 7.